The predicted octanol–water partition coefficient (Wildman–Crippen LogP) is 1.99. The van der Waals surface area contributed by atoms with Crippen molar-refractivity contribution in [3.63, 3.8) is 0 Å². The van der Waals surface area contributed by atoms with Gasteiger partial charge in [0, 0.05) is 38.9 Å². The average Bonchev–Trinajstić information content (AvgIpc) is 3.26. The molecular formula is C17H27N3O3. The van der Waals surface area contributed by atoms with Gasteiger partial charge in [0.05, 0.1) is 5.69 Å². The number of rotatable bonds is 7. The van der Waals surface area contributed by atoms with Crippen molar-refractivity contribution in [2.24, 2.45) is 5.92 Å². The molecule has 1 saturated carbocycles. The molecule has 128 valence electrons. The third-order valence-electron chi connectivity index (χ3n) is 5.14. The standard InChI is InChI=1S/C17H27N3O3/c1-13-15(23-12-18-13)16(21)19-17(7-10-22-2)5-8-20(9-6-17)11-14-3-4-14/h12,14H,3-11H2,1-2H3,(H,19,21). The van der Waals surface area contributed by atoms with Crippen molar-refractivity contribution >= 4 is 5.91 Å². The van der Waals surface area contributed by atoms with Crippen LogP contribution >= 0.6 is 0 Å². The fraction of sp³-hybridized carbons (Fsp3) is 0.765. The van der Waals surface area contributed by atoms with Crippen LogP contribution in [-0.2, 0) is 4.74 Å². The fourth-order valence-corrected chi connectivity index (χ4v) is 3.38. The van der Waals surface area contributed by atoms with Crippen LogP contribution in [0, 0.1) is 12.8 Å². The summed E-state index contributed by atoms with van der Waals surface area (Å²) in [5, 5.41) is 3.22. The molecule has 6 nitrogen and oxygen atoms in total. The van der Waals surface area contributed by atoms with Crippen LogP contribution in [0.1, 0.15) is 48.4 Å². The van der Waals surface area contributed by atoms with Crippen LogP contribution in [0.15, 0.2) is 10.8 Å². The number of aryl methyl sites for hydroxylation is 1. The number of hydrogen-bond donors (Lipinski definition) is 1. The summed E-state index contributed by atoms with van der Waals surface area (Å²) in [6.45, 7) is 5.73. The second-order valence-corrected chi connectivity index (χ2v) is 6.99. The number of aromatic nitrogens is 1. The Morgan fingerprint density at radius 3 is 2.78 bits per heavy atom. The number of oxazole rings is 1. The Hall–Kier alpha value is -1.40. The number of nitrogens with one attached hydrogen (secondary N) is 1. The Balaban J connectivity index is 1.62. The Kier molecular flexibility index (Phi) is 5.02. The van der Waals surface area contributed by atoms with Crippen molar-refractivity contribution in [2.45, 2.75) is 44.6 Å². The molecule has 0 spiro atoms. The zero-order valence-corrected chi connectivity index (χ0v) is 14.1. The van der Waals surface area contributed by atoms with Gasteiger partial charge in [-0.3, -0.25) is 4.79 Å². The number of ether oxygens (including phenoxy) is 1. The van der Waals surface area contributed by atoms with Crippen LogP contribution in [0.3, 0.4) is 0 Å². The summed E-state index contributed by atoms with van der Waals surface area (Å²) in [6, 6.07) is 0. The van der Waals surface area contributed by atoms with Crippen molar-refractivity contribution in [1.82, 2.24) is 15.2 Å². The lowest BCUT2D eigenvalue weighted by atomic mass is 9.84. The van der Waals surface area contributed by atoms with E-state index in [1.54, 1.807) is 14.0 Å². The van der Waals surface area contributed by atoms with Gasteiger partial charge in [0.15, 0.2) is 6.39 Å². The van der Waals surface area contributed by atoms with Gasteiger partial charge in [0.25, 0.3) is 5.91 Å². The highest BCUT2D eigenvalue weighted by atomic mass is 16.5. The van der Waals surface area contributed by atoms with Gasteiger partial charge in [-0.2, -0.15) is 0 Å². The molecule has 2 heterocycles. The number of likely N-dealkylation sites (tertiary alicyclic amines) is 1. The van der Waals surface area contributed by atoms with Crippen LogP contribution in [0.5, 0.6) is 0 Å². The maximum absolute atomic E-state index is 12.5. The molecule has 1 saturated heterocycles. The van der Waals surface area contributed by atoms with E-state index in [9.17, 15) is 4.79 Å². The van der Waals surface area contributed by atoms with Gasteiger partial charge in [-0.15, -0.1) is 0 Å². The van der Waals surface area contributed by atoms with Crippen molar-refractivity contribution in [3.05, 3.63) is 17.8 Å². The highest BCUT2D eigenvalue weighted by molar-refractivity contribution is 5.92. The van der Waals surface area contributed by atoms with Crippen molar-refractivity contribution < 1.29 is 13.9 Å². The maximum atomic E-state index is 12.5. The topological polar surface area (TPSA) is 67.6 Å². The second-order valence-electron chi connectivity index (χ2n) is 6.99. The van der Waals surface area contributed by atoms with E-state index < -0.39 is 0 Å². The van der Waals surface area contributed by atoms with E-state index in [2.05, 4.69) is 15.2 Å². The third kappa shape index (κ3) is 4.12. The molecule has 23 heavy (non-hydrogen) atoms. The van der Waals surface area contributed by atoms with Gasteiger partial charge in [-0.25, -0.2) is 4.98 Å². The normalized spacial score (nSPS) is 21.3. The van der Waals surface area contributed by atoms with Gasteiger partial charge in [-0.1, -0.05) is 0 Å². The van der Waals surface area contributed by atoms with E-state index in [-0.39, 0.29) is 11.4 Å². The van der Waals surface area contributed by atoms with Crippen molar-refractivity contribution in [1.29, 1.82) is 0 Å². The Bertz CT molecular complexity index is 531. The van der Waals surface area contributed by atoms with Crippen LogP contribution in [0.2, 0.25) is 0 Å². The third-order valence-corrected chi connectivity index (χ3v) is 5.14. The minimum atomic E-state index is -0.202. The summed E-state index contributed by atoms with van der Waals surface area (Å²) in [5.41, 5.74) is 0.433. The molecule has 0 bridgehead atoms. The van der Waals surface area contributed by atoms with E-state index in [4.69, 9.17) is 9.15 Å². The minimum absolute atomic E-state index is 0.160. The Labute approximate surface area is 137 Å². The van der Waals surface area contributed by atoms with Crippen LogP contribution in [0.4, 0.5) is 0 Å². The lowest BCUT2D eigenvalue weighted by Gasteiger charge is -2.42. The number of hydrogen-bond acceptors (Lipinski definition) is 5. The van der Waals surface area contributed by atoms with Gasteiger partial charge in [-0.05, 0) is 44.9 Å². The number of nitrogens with zero attached hydrogens (tertiary/aromatic N) is 2. The van der Waals surface area contributed by atoms with E-state index in [1.807, 2.05) is 0 Å². The molecule has 1 amide bonds. The van der Waals surface area contributed by atoms with E-state index in [0.29, 0.717) is 18.1 Å². The maximum Gasteiger partial charge on any atom is 0.289 e. The molecule has 0 aromatic carbocycles. The molecule has 3 rings (SSSR count). The molecule has 2 aliphatic rings. The smallest absolute Gasteiger partial charge is 0.289 e. The summed E-state index contributed by atoms with van der Waals surface area (Å²) in [7, 11) is 1.71. The summed E-state index contributed by atoms with van der Waals surface area (Å²) in [5.74, 6) is 1.07. The zero-order chi connectivity index (χ0) is 16.3. The number of methoxy groups -OCH3 is 1. The molecule has 1 aliphatic heterocycles. The Morgan fingerprint density at radius 1 is 1.48 bits per heavy atom. The largest absolute Gasteiger partial charge is 0.438 e. The number of amides is 1. The van der Waals surface area contributed by atoms with Gasteiger partial charge in [0.1, 0.15) is 0 Å². The molecule has 1 aromatic rings. The molecule has 0 radical (unpaired) electrons. The molecule has 6 heteroatoms. The van der Waals surface area contributed by atoms with Crippen molar-refractivity contribution in [2.75, 3.05) is 33.4 Å². The van der Waals surface area contributed by atoms with Gasteiger partial charge < -0.3 is 19.4 Å². The quantitative estimate of drug-likeness (QED) is 0.832. The molecule has 1 aliphatic carbocycles. The van der Waals surface area contributed by atoms with E-state index in [1.165, 1.54) is 25.8 Å². The highest BCUT2D eigenvalue weighted by Gasteiger charge is 2.38. The predicted molar refractivity (Wildman–Crippen MR) is 86.3 cm³/mol. The van der Waals surface area contributed by atoms with Gasteiger partial charge in [0.2, 0.25) is 5.76 Å². The first-order valence-corrected chi connectivity index (χ1v) is 8.56. The Morgan fingerprint density at radius 2 is 2.22 bits per heavy atom. The van der Waals surface area contributed by atoms with Crippen LogP contribution in [0.25, 0.3) is 0 Å². The van der Waals surface area contributed by atoms with Crippen LogP contribution in [-0.4, -0.2) is 54.7 Å². The molecule has 0 atom stereocenters. The molecular weight excluding hydrogens is 294 g/mol. The van der Waals surface area contributed by atoms with E-state index in [0.717, 1.165) is 38.3 Å². The summed E-state index contributed by atoms with van der Waals surface area (Å²) < 4.78 is 10.5. The van der Waals surface area contributed by atoms with E-state index >= 15 is 0 Å². The summed E-state index contributed by atoms with van der Waals surface area (Å²) >= 11 is 0. The molecule has 2 fully saturated rings. The monoisotopic (exact) mass is 321 g/mol. The number of carbonyl (C=O) groups is 1. The number of carbonyl (C=O) groups excluding carboxylic acids is 1. The second kappa shape index (κ2) is 7.01. The fourth-order valence-electron chi connectivity index (χ4n) is 3.38. The number of piperidine rings is 1. The van der Waals surface area contributed by atoms with Crippen molar-refractivity contribution in [3.8, 4) is 0 Å². The SMILES string of the molecule is COCCC1(NC(=O)c2ocnc2C)CCN(CC2CC2)CC1. The zero-order valence-electron chi connectivity index (χ0n) is 14.1. The average molecular weight is 321 g/mol. The molecule has 0 unspecified atom stereocenters. The first kappa shape index (κ1) is 16.5. The van der Waals surface area contributed by atoms with Crippen LogP contribution < -0.4 is 5.32 Å². The summed E-state index contributed by atoms with van der Waals surface area (Å²) in [4.78, 5) is 19.1. The lowest BCUT2D eigenvalue weighted by Crippen LogP contribution is -2.56. The minimum Gasteiger partial charge on any atom is -0.438 e. The molecule has 1 N–H and O–H groups in total. The molecule has 1 aromatic heterocycles. The highest BCUT2D eigenvalue weighted by Crippen LogP contribution is 2.33. The first-order valence-electron chi connectivity index (χ1n) is 8.56. The lowest BCUT2D eigenvalue weighted by molar-refractivity contribution is 0.0674. The summed E-state index contributed by atoms with van der Waals surface area (Å²) in [6.07, 6.45) is 6.84. The first-order chi connectivity index (χ1) is 11.1. The van der Waals surface area contributed by atoms with Gasteiger partial charge >= 0.3 is 0 Å².